The van der Waals surface area contributed by atoms with Gasteiger partial charge in [-0.15, -0.1) is 11.6 Å². The maximum atomic E-state index is 13.5. The molecule has 1 saturated carbocycles. The highest BCUT2D eigenvalue weighted by Gasteiger charge is 2.23. The minimum Gasteiger partial charge on any atom is -0.207 e. The van der Waals surface area contributed by atoms with Crippen LogP contribution in [0.15, 0.2) is 22.7 Å². The maximum absolute atomic E-state index is 13.5. The van der Waals surface area contributed by atoms with Gasteiger partial charge in [-0.1, -0.05) is 22.0 Å². The van der Waals surface area contributed by atoms with E-state index in [-0.39, 0.29) is 5.82 Å². The molecule has 0 spiro atoms. The first-order valence-electron chi connectivity index (χ1n) is 5.23. The van der Waals surface area contributed by atoms with Crippen molar-refractivity contribution in [2.24, 2.45) is 5.92 Å². The Morgan fingerprint density at radius 3 is 2.80 bits per heavy atom. The molecule has 2 rings (SSSR count). The molecule has 0 N–H and O–H groups in total. The highest BCUT2D eigenvalue weighted by atomic mass is 79.9. The molecule has 1 aliphatic rings. The molecule has 0 aliphatic heterocycles. The van der Waals surface area contributed by atoms with Crippen LogP contribution in [0.4, 0.5) is 4.39 Å². The van der Waals surface area contributed by atoms with E-state index in [9.17, 15) is 4.39 Å². The van der Waals surface area contributed by atoms with Crippen molar-refractivity contribution in [2.45, 2.75) is 31.1 Å². The first-order chi connectivity index (χ1) is 7.15. The summed E-state index contributed by atoms with van der Waals surface area (Å²) in [5.41, 5.74) is 0.814. The van der Waals surface area contributed by atoms with Crippen LogP contribution >= 0.6 is 27.5 Å². The van der Waals surface area contributed by atoms with E-state index in [0.29, 0.717) is 11.3 Å². The predicted molar refractivity (Wildman–Crippen MR) is 64.8 cm³/mol. The minimum absolute atomic E-state index is 0.109. The van der Waals surface area contributed by atoms with Gasteiger partial charge in [0.2, 0.25) is 0 Å². The van der Waals surface area contributed by atoms with E-state index in [4.69, 9.17) is 11.6 Å². The molecule has 15 heavy (non-hydrogen) atoms. The van der Waals surface area contributed by atoms with Crippen LogP contribution in [-0.2, 0) is 6.42 Å². The summed E-state index contributed by atoms with van der Waals surface area (Å²) in [5, 5.41) is 0.300. The molecule has 0 heterocycles. The van der Waals surface area contributed by atoms with Crippen LogP contribution in [0.2, 0.25) is 0 Å². The zero-order valence-corrected chi connectivity index (χ0v) is 10.7. The van der Waals surface area contributed by atoms with E-state index in [1.54, 1.807) is 0 Å². The van der Waals surface area contributed by atoms with Gasteiger partial charge in [-0.25, -0.2) is 4.39 Å². The molecule has 1 fully saturated rings. The summed E-state index contributed by atoms with van der Waals surface area (Å²) in [6.07, 6.45) is 4.05. The zero-order valence-electron chi connectivity index (χ0n) is 8.35. The number of hydrogen-bond acceptors (Lipinski definition) is 0. The molecule has 1 aliphatic carbocycles. The fraction of sp³-hybridized carbons (Fsp3) is 0.500. The van der Waals surface area contributed by atoms with Crippen molar-refractivity contribution in [3.63, 3.8) is 0 Å². The Morgan fingerprint density at radius 1 is 1.40 bits per heavy atom. The average molecular weight is 292 g/mol. The monoisotopic (exact) mass is 290 g/mol. The first-order valence-corrected chi connectivity index (χ1v) is 6.46. The van der Waals surface area contributed by atoms with Crippen LogP contribution in [0.1, 0.15) is 24.8 Å². The molecule has 0 nitrogen and oxygen atoms in total. The van der Waals surface area contributed by atoms with Crippen LogP contribution in [0.3, 0.4) is 0 Å². The van der Waals surface area contributed by atoms with Crippen molar-refractivity contribution in [2.75, 3.05) is 0 Å². The van der Waals surface area contributed by atoms with E-state index in [1.165, 1.54) is 6.07 Å². The van der Waals surface area contributed by atoms with Gasteiger partial charge in [-0.05, 0) is 49.3 Å². The smallest absolute Gasteiger partial charge is 0.127 e. The molecule has 1 aromatic carbocycles. The van der Waals surface area contributed by atoms with Crippen LogP contribution in [0, 0.1) is 11.7 Å². The van der Waals surface area contributed by atoms with Gasteiger partial charge in [0, 0.05) is 9.85 Å². The van der Waals surface area contributed by atoms with Gasteiger partial charge < -0.3 is 0 Å². The standard InChI is InChI=1S/C12H13BrClF/c13-10-3-2-9(12(15)7-10)5-8-1-4-11(14)6-8/h2-3,7-8,11H,1,4-6H2. The van der Waals surface area contributed by atoms with E-state index >= 15 is 0 Å². The van der Waals surface area contributed by atoms with Crippen LogP contribution < -0.4 is 0 Å². The summed E-state index contributed by atoms with van der Waals surface area (Å²) < 4.78 is 14.3. The third kappa shape index (κ3) is 2.94. The van der Waals surface area contributed by atoms with Gasteiger partial charge >= 0.3 is 0 Å². The van der Waals surface area contributed by atoms with E-state index in [2.05, 4.69) is 15.9 Å². The molecule has 0 saturated heterocycles. The lowest BCUT2D eigenvalue weighted by atomic mass is 9.98. The zero-order chi connectivity index (χ0) is 10.8. The summed E-state index contributed by atoms with van der Waals surface area (Å²) in [6, 6.07) is 5.29. The molecule has 3 heteroatoms. The molecule has 0 bridgehead atoms. The van der Waals surface area contributed by atoms with Gasteiger partial charge in [-0.2, -0.15) is 0 Å². The van der Waals surface area contributed by atoms with Gasteiger partial charge in [0.15, 0.2) is 0 Å². The second-order valence-corrected chi connectivity index (χ2v) is 5.75. The fourth-order valence-electron chi connectivity index (χ4n) is 2.20. The molecule has 2 atom stereocenters. The van der Waals surface area contributed by atoms with Gasteiger partial charge in [0.05, 0.1) is 0 Å². The molecule has 0 aromatic heterocycles. The molecule has 0 amide bonds. The van der Waals surface area contributed by atoms with E-state index in [1.807, 2.05) is 12.1 Å². The van der Waals surface area contributed by atoms with Gasteiger partial charge in [-0.3, -0.25) is 0 Å². The lowest BCUT2D eigenvalue weighted by Crippen LogP contribution is -2.02. The summed E-state index contributed by atoms with van der Waals surface area (Å²) in [6.45, 7) is 0. The average Bonchev–Trinajstić information content (AvgIpc) is 2.56. The van der Waals surface area contributed by atoms with E-state index in [0.717, 1.165) is 35.7 Å². The molecule has 0 radical (unpaired) electrons. The highest BCUT2D eigenvalue weighted by Crippen LogP contribution is 2.32. The summed E-state index contributed by atoms with van der Waals surface area (Å²) in [5.74, 6) is 0.450. The topological polar surface area (TPSA) is 0 Å². The van der Waals surface area contributed by atoms with Crippen molar-refractivity contribution in [3.8, 4) is 0 Å². The Labute approximate surface area is 103 Å². The van der Waals surface area contributed by atoms with Crippen LogP contribution in [0.25, 0.3) is 0 Å². The lowest BCUT2D eigenvalue weighted by molar-refractivity contribution is 0.521. The Balaban J connectivity index is 2.04. The molecule has 82 valence electrons. The second-order valence-electron chi connectivity index (χ2n) is 4.22. The summed E-state index contributed by atoms with van der Waals surface area (Å²) in [4.78, 5) is 0. The number of hydrogen-bond donors (Lipinski definition) is 0. The SMILES string of the molecule is Fc1cc(Br)ccc1CC1CCC(Cl)C1. The van der Waals surface area contributed by atoms with Crippen LogP contribution in [0.5, 0.6) is 0 Å². The highest BCUT2D eigenvalue weighted by molar-refractivity contribution is 9.10. The number of alkyl halides is 1. The fourth-order valence-corrected chi connectivity index (χ4v) is 2.91. The quantitative estimate of drug-likeness (QED) is 0.702. The van der Waals surface area contributed by atoms with Crippen molar-refractivity contribution >= 4 is 27.5 Å². The normalized spacial score (nSPS) is 25.8. The number of rotatable bonds is 2. The third-order valence-corrected chi connectivity index (χ3v) is 3.89. The Bertz CT molecular complexity index is 353. The number of halogens is 3. The van der Waals surface area contributed by atoms with Crippen molar-refractivity contribution in [1.82, 2.24) is 0 Å². The summed E-state index contributed by atoms with van der Waals surface area (Å²) >= 11 is 9.29. The molecular weight excluding hydrogens is 278 g/mol. The molecular formula is C12H13BrClF. The largest absolute Gasteiger partial charge is 0.207 e. The predicted octanol–water partition coefficient (Wildman–Crippen LogP) is 4.54. The molecule has 2 unspecified atom stereocenters. The van der Waals surface area contributed by atoms with Crippen molar-refractivity contribution in [1.29, 1.82) is 0 Å². The second kappa shape index (κ2) is 4.84. The Kier molecular flexibility index (Phi) is 3.68. The van der Waals surface area contributed by atoms with Crippen LogP contribution in [-0.4, -0.2) is 5.38 Å². The number of benzene rings is 1. The Morgan fingerprint density at radius 2 is 2.20 bits per heavy atom. The van der Waals surface area contributed by atoms with Gasteiger partial charge in [0.1, 0.15) is 5.82 Å². The minimum atomic E-state index is -0.109. The Hall–Kier alpha value is -0.0800. The van der Waals surface area contributed by atoms with E-state index < -0.39 is 0 Å². The summed E-state index contributed by atoms with van der Waals surface area (Å²) in [7, 11) is 0. The lowest BCUT2D eigenvalue weighted by Gasteiger charge is -2.10. The van der Waals surface area contributed by atoms with Gasteiger partial charge in [0.25, 0.3) is 0 Å². The maximum Gasteiger partial charge on any atom is 0.127 e. The molecule has 1 aromatic rings. The van der Waals surface area contributed by atoms with Crippen molar-refractivity contribution in [3.05, 3.63) is 34.1 Å². The van der Waals surface area contributed by atoms with Crippen molar-refractivity contribution < 1.29 is 4.39 Å². The third-order valence-electron chi connectivity index (χ3n) is 3.00. The first kappa shape index (κ1) is 11.4.